The van der Waals surface area contributed by atoms with Crippen LogP contribution in [0.1, 0.15) is 17.4 Å². The van der Waals surface area contributed by atoms with Crippen molar-refractivity contribution in [2.75, 3.05) is 6.61 Å². The third-order valence-electron chi connectivity index (χ3n) is 5.02. The van der Waals surface area contributed by atoms with E-state index in [-0.39, 0.29) is 12.3 Å². The lowest BCUT2D eigenvalue weighted by atomic mass is 9.99. The third-order valence-corrected chi connectivity index (χ3v) is 5.02. The van der Waals surface area contributed by atoms with Crippen molar-refractivity contribution in [2.24, 2.45) is 0 Å². The van der Waals surface area contributed by atoms with Crippen LogP contribution in [0, 0.1) is 0 Å². The molecule has 0 saturated carbocycles. The summed E-state index contributed by atoms with van der Waals surface area (Å²) in [4.78, 5) is 27.5. The highest BCUT2D eigenvalue weighted by Gasteiger charge is 2.29. The van der Waals surface area contributed by atoms with Gasteiger partial charge in [0.15, 0.2) is 12.4 Å². The fourth-order valence-corrected chi connectivity index (χ4v) is 3.49. The molecule has 0 aliphatic rings. The topological polar surface area (TPSA) is 110 Å². The van der Waals surface area contributed by atoms with Crippen LogP contribution in [0.15, 0.2) is 89.3 Å². The number of rotatable bonds is 9. The van der Waals surface area contributed by atoms with E-state index in [0.717, 1.165) is 11.1 Å². The summed E-state index contributed by atoms with van der Waals surface area (Å²) < 4.78 is 11.3. The first-order valence-corrected chi connectivity index (χ1v) is 10.3. The van der Waals surface area contributed by atoms with E-state index in [4.69, 9.17) is 14.3 Å². The van der Waals surface area contributed by atoms with Gasteiger partial charge in [0, 0.05) is 11.1 Å². The van der Waals surface area contributed by atoms with Gasteiger partial charge in [0.25, 0.3) is 0 Å². The van der Waals surface area contributed by atoms with Gasteiger partial charge in [-0.3, -0.25) is 4.79 Å². The molecule has 0 saturated heterocycles. The van der Waals surface area contributed by atoms with Crippen molar-refractivity contribution in [3.63, 3.8) is 0 Å². The predicted molar refractivity (Wildman–Crippen MR) is 121 cm³/mol. The van der Waals surface area contributed by atoms with Gasteiger partial charge in [0.2, 0.25) is 5.89 Å². The van der Waals surface area contributed by atoms with Gasteiger partial charge in [-0.05, 0) is 24.1 Å². The number of carboxylic acids is 2. The summed E-state index contributed by atoms with van der Waals surface area (Å²) in [5.41, 5.74) is 2.84. The molecule has 4 aromatic rings. The maximum atomic E-state index is 12.2. The Hall–Kier alpha value is -4.39. The number of benzene rings is 3. The summed E-state index contributed by atoms with van der Waals surface area (Å²) in [5.74, 6) is -2.27. The lowest BCUT2D eigenvalue weighted by molar-refractivity contribution is -0.140. The molecule has 1 atom stereocenters. The van der Waals surface area contributed by atoms with Crippen molar-refractivity contribution in [3.05, 3.63) is 96.4 Å². The summed E-state index contributed by atoms with van der Waals surface area (Å²) in [6, 6.07) is 25.6. The zero-order chi connectivity index (χ0) is 23.2. The summed E-state index contributed by atoms with van der Waals surface area (Å²) in [6.07, 6.45) is 0.0998. The largest absolute Gasteiger partial charge is 0.482 e. The zero-order valence-corrected chi connectivity index (χ0v) is 17.5. The van der Waals surface area contributed by atoms with E-state index in [9.17, 15) is 14.7 Å². The van der Waals surface area contributed by atoms with Crippen LogP contribution in [0.25, 0.3) is 22.6 Å². The quantitative estimate of drug-likeness (QED) is 0.379. The number of hydrogen-bond donors (Lipinski definition) is 2. The van der Waals surface area contributed by atoms with Crippen LogP contribution in [-0.2, 0) is 16.0 Å². The fraction of sp³-hybridized carbons (Fsp3) is 0.115. The molecule has 0 aliphatic heterocycles. The third kappa shape index (κ3) is 5.27. The van der Waals surface area contributed by atoms with Crippen LogP contribution in [0.3, 0.4) is 0 Å². The Morgan fingerprint density at radius 1 is 0.879 bits per heavy atom. The first kappa shape index (κ1) is 21.8. The molecule has 1 heterocycles. The van der Waals surface area contributed by atoms with E-state index in [2.05, 4.69) is 4.98 Å². The van der Waals surface area contributed by atoms with E-state index < -0.39 is 24.5 Å². The van der Waals surface area contributed by atoms with Crippen LogP contribution in [0.4, 0.5) is 0 Å². The molecule has 0 fully saturated rings. The molecule has 0 radical (unpaired) electrons. The van der Waals surface area contributed by atoms with Gasteiger partial charge in [-0.15, -0.1) is 0 Å². The highest BCUT2D eigenvalue weighted by atomic mass is 16.5. The molecule has 7 heteroatoms. The average Bonchev–Trinajstić information content (AvgIpc) is 3.27. The number of nitrogens with zero attached hydrogens (tertiary/aromatic N) is 1. The summed E-state index contributed by atoms with van der Waals surface area (Å²) >= 11 is 0. The van der Waals surface area contributed by atoms with Crippen LogP contribution in [-0.4, -0.2) is 33.7 Å². The van der Waals surface area contributed by atoms with Gasteiger partial charge >= 0.3 is 11.9 Å². The summed E-state index contributed by atoms with van der Waals surface area (Å²) in [7, 11) is 0. The smallest absolute Gasteiger partial charge is 0.341 e. The average molecular weight is 443 g/mol. The van der Waals surface area contributed by atoms with Crippen LogP contribution in [0.5, 0.6) is 5.75 Å². The Morgan fingerprint density at radius 2 is 1.55 bits per heavy atom. The molecule has 0 spiro atoms. The number of ether oxygens (including phenoxy) is 1. The Balaban J connectivity index is 1.70. The monoisotopic (exact) mass is 443 g/mol. The normalized spacial score (nSPS) is 11.6. The summed E-state index contributed by atoms with van der Waals surface area (Å²) in [6.45, 7) is -0.480. The molecule has 33 heavy (non-hydrogen) atoms. The molecular weight excluding hydrogens is 422 g/mol. The summed E-state index contributed by atoms with van der Waals surface area (Å²) in [5, 5.41) is 18.8. The molecule has 1 aromatic heterocycles. The van der Waals surface area contributed by atoms with E-state index in [1.54, 1.807) is 24.3 Å². The molecule has 0 bridgehead atoms. The Morgan fingerprint density at radius 3 is 2.18 bits per heavy atom. The molecular formula is C26H21NO6. The van der Waals surface area contributed by atoms with Crippen molar-refractivity contribution < 1.29 is 29.0 Å². The minimum absolute atomic E-state index is 0.0945. The second kappa shape index (κ2) is 9.82. The van der Waals surface area contributed by atoms with Gasteiger partial charge in [-0.1, -0.05) is 72.8 Å². The maximum absolute atomic E-state index is 12.2. The highest BCUT2D eigenvalue weighted by Crippen LogP contribution is 2.35. The minimum Gasteiger partial charge on any atom is -0.482 e. The van der Waals surface area contributed by atoms with Crippen LogP contribution < -0.4 is 4.74 Å². The molecule has 7 nitrogen and oxygen atoms in total. The SMILES string of the molecule is O=C(O)COc1cccc(CC(C(=O)O)c2nc(-c3ccccc3)c(-c3ccccc3)o2)c1. The second-order valence-corrected chi connectivity index (χ2v) is 7.39. The first-order valence-electron chi connectivity index (χ1n) is 10.3. The fourth-order valence-electron chi connectivity index (χ4n) is 3.49. The Labute approximate surface area is 189 Å². The standard InChI is InChI=1S/C26H21NO6/c28-22(29)16-32-20-13-7-8-17(14-20)15-21(26(30)31)25-27-23(18-9-3-1-4-10-18)24(33-25)19-11-5-2-6-12-19/h1-14,21H,15-16H2,(H,28,29)(H,30,31). The number of aliphatic carboxylic acids is 2. The molecule has 4 rings (SSSR count). The van der Waals surface area contributed by atoms with Gasteiger partial charge in [-0.2, -0.15) is 0 Å². The number of aromatic nitrogens is 1. The van der Waals surface area contributed by atoms with Crippen molar-refractivity contribution in [1.29, 1.82) is 0 Å². The van der Waals surface area contributed by atoms with Crippen LogP contribution >= 0.6 is 0 Å². The van der Waals surface area contributed by atoms with E-state index in [1.165, 1.54) is 0 Å². The maximum Gasteiger partial charge on any atom is 0.341 e. The van der Waals surface area contributed by atoms with Crippen molar-refractivity contribution in [1.82, 2.24) is 4.98 Å². The predicted octanol–water partition coefficient (Wildman–Crippen LogP) is 4.88. The van der Waals surface area contributed by atoms with Gasteiger partial charge in [0.05, 0.1) is 0 Å². The van der Waals surface area contributed by atoms with Crippen molar-refractivity contribution >= 4 is 11.9 Å². The van der Waals surface area contributed by atoms with Crippen molar-refractivity contribution in [3.8, 4) is 28.3 Å². The Bertz CT molecular complexity index is 1190. The molecule has 0 amide bonds. The van der Waals surface area contributed by atoms with Gasteiger partial charge < -0.3 is 19.4 Å². The lowest BCUT2D eigenvalue weighted by Crippen LogP contribution is -2.15. The molecule has 2 N–H and O–H groups in total. The van der Waals surface area contributed by atoms with E-state index in [0.29, 0.717) is 22.8 Å². The molecule has 0 aliphatic carbocycles. The van der Waals surface area contributed by atoms with Crippen LogP contribution in [0.2, 0.25) is 0 Å². The molecule has 3 aromatic carbocycles. The number of carboxylic acid groups (broad SMARTS) is 2. The number of hydrogen-bond acceptors (Lipinski definition) is 5. The number of carbonyl (C=O) groups is 2. The van der Waals surface area contributed by atoms with E-state index >= 15 is 0 Å². The van der Waals surface area contributed by atoms with Gasteiger partial charge in [-0.25, -0.2) is 9.78 Å². The lowest BCUT2D eigenvalue weighted by Gasteiger charge is -2.10. The van der Waals surface area contributed by atoms with E-state index in [1.807, 2.05) is 60.7 Å². The second-order valence-electron chi connectivity index (χ2n) is 7.39. The molecule has 166 valence electrons. The van der Waals surface area contributed by atoms with Gasteiger partial charge in [0.1, 0.15) is 17.4 Å². The minimum atomic E-state index is -1.09. The Kier molecular flexibility index (Phi) is 6.50. The number of oxazole rings is 1. The van der Waals surface area contributed by atoms with Crippen molar-refractivity contribution in [2.45, 2.75) is 12.3 Å². The molecule has 1 unspecified atom stereocenters. The highest BCUT2D eigenvalue weighted by molar-refractivity contribution is 5.79. The zero-order valence-electron chi connectivity index (χ0n) is 17.5. The first-order chi connectivity index (χ1) is 16.0.